The second-order valence-corrected chi connectivity index (χ2v) is 7.94. The van der Waals surface area contributed by atoms with Crippen molar-refractivity contribution in [2.45, 2.75) is 31.2 Å². The predicted octanol–water partition coefficient (Wildman–Crippen LogP) is 1.36. The maximum atomic E-state index is 13.2. The molecule has 0 aliphatic heterocycles. The Bertz CT molecular complexity index is 770. The van der Waals surface area contributed by atoms with E-state index in [2.05, 4.69) is 0 Å². The standard InChI is InChI=1S/C16H20BNO4S/c1-16(2,3)18(13-9-5-4-6-10-13)23(21,22)15-12-8-7-11-14(15)17(19)20/h4-12,19-20H,1-3H3. The monoisotopic (exact) mass is 333 g/mol. The minimum Gasteiger partial charge on any atom is -0.423 e. The van der Waals surface area contributed by atoms with Gasteiger partial charge < -0.3 is 10.0 Å². The van der Waals surface area contributed by atoms with Crippen molar-refractivity contribution in [2.24, 2.45) is 0 Å². The lowest BCUT2D eigenvalue weighted by Gasteiger charge is -2.37. The maximum Gasteiger partial charge on any atom is 0.489 e. The van der Waals surface area contributed by atoms with E-state index >= 15 is 0 Å². The van der Waals surface area contributed by atoms with E-state index in [0.717, 1.165) is 0 Å². The molecule has 0 spiro atoms. The molecule has 7 heteroatoms. The van der Waals surface area contributed by atoms with E-state index in [4.69, 9.17) is 0 Å². The quantitative estimate of drug-likeness (QED) is 0.829. The summed E-state index contributed by atoms with van der Waals surface area (Å²) in [5.41, 5.74) is -0.256. The summed E-state index contributed by atoms with van der Waals surface area (Å²) in [5, 5.41) is 19.0. The van der Waals surface area contributed by atoms with Crippen molar-refractivity contribution in [3.8, 4) is 0 Å². The number of sulfonamides is 1. The Balaban J connectivity index is 2.69. The molecule has 2 aromatic carbocycles. The van der Waals surface area contributed by atoms with Crippen molar-refractivity contribution in [1.82, 2.24) is 0 Å². The van der Waals surface area contributed by atoms with E-state index in [9.17, 15) is 18.5 Å². The average Bonchev–Trinajstić information content (AvgIpc) is 2.46. The molecular weight excluding hydrogens is 313 g/mol. The minimum absolute atomic E-state index is 0.0438. The number of nitrogens with zero attached hydrogens (tertiary/aromatic N) is 1. The Morgan fingerprint density at radius 2 is 1.43 bits per heavy atom. The van der Waals surface area contributed by atoms with Crippen molar-refractivity contribution >= 4 is 28.3 Å². The molecule has 0 heterocycles. The van der Waals surface area contributed by atoms with Gasteiger partial charge in [0, 0.05) is 11.0 Å². The molecule has 0 bridgehead atoms. The molecule has 0 aromatic heterocycles. The molecule has 5 nitrogen and oxygen atoms in total. The summed E-state index contributed by atoms with van der Waals surface area (Å²) in [7, 11) is -5.84. The lowest BCUT2D eigenvalue weighted by Crippen LogP contribution is -2.48. The fourth-order valence-electron chi connectivity index (χ4n) is 2.48. The van der Waals surface area contributed by atoms with Gasteiger partial charge in [-0.2, -0.15) is 0 Å². The van der Waals surface area contributed by atoms with Crippen molar-refractivity contribution in [2.75, 3.05) is 4.31 Å². The van der Waals surface area contributed by atoms with E-state index in [-0.39, 0.29) is 10.4 Å². The Hall–Kier alpha value is -1.83. The van der Waals surface area contributed by atoms with Gasteiger partial charge in [-0.05, 0) is 39.0 Å². The van der Waals surface area contributed by atoms with Gasteiger partial charge in [0.1, 0.15) is 0 Å². The highest BCUT2D eigenvalue weighted by molar-refractivity contribution is 7.93. The van der Waals surface area contributed by atoms with Gasteiger partial charge in [0.15, 0.2) is 0 Å². The second kappa shape index (κ2) is 6.35. The highest BCUT2D eigenvalue weighted by Gasteiger charge is 2.36. The molecular formula is C16H20BNO4S. The summed E-state index contributed by atoms with van der Waals surface area (Å²) in [5.74, 6) is 0. The number of anilines is 1. The molecule has 0 fully saturated rings. The zero-order valence-corrected chi connectivity index (χ0v) is 14.2. The lowest BCUT2D eigenvalue weighted by atomic mass is 9.80. The first-order valence-corrected chi connectivity index (χ1v) is 8.65. The predicted molar refractivity (Wildman–Crippen MR) is 92.1 cm³/mol. The van der Waals surface area contributed by atoms with Gasteiger partial charge in [0.25, 0.3) is 10.0 Å². The molecule has 0 radical (unpaired) electrons. The Morgan fingerprint density at radius 1 is 0.913 bits per heavy atom. The summed E-state index contributed by atoms with van der Waals surface area (Å²) in [6.45, 7) is 5.36. The number of benzene rings is 2. The number of para-hydroxylation sites is 1. The first kappa shape index (κ1) is 17.5. The zero-order chi connectivity index (χ0) is 17.3. The molecule has 0 unspecified atom stereocenters. The Labute approximate surface area is 137 Å². The highest BCUT2D eigenvalue weighted by Crippen LogP contribution is 2.30. The average molecular weight is 333 g/mol. The molecule has 0 aliphatic rings. The third kappa shape index (κ3) is 3.58. The van der Waals surface area contributed by atoms with Crippen LogP contribution in [0.15, 0.2) is 59.5 Å². The molecule has 2 aromatic rings. The molecule has 2 rings (SSSR count). The van der Waals surface area contributed by atoms with Gasteiger partial charge in [0.2, 0.25) is 0 Å². The van der Waals surface area contributed by atoms with Gasteiger partial charge in [-0.15, -0.1) is 0 Å². The first-order valence-electron chi connectivity index (χ1n) is 7.21. The number of hydrogen-bond acceptors (Lipinski definition) is 4. The minimum atomic E-state index is -3.97. The van der Waals surface area contributed by atoms with Gasteiger partial charge >= 0.3 is 7.12 Å². The van der Waals surface area contributed by atoms with Crippen LogP contribution < -0.4 is 9.77 Å². The lowest BCUT2D eigenvalue weighted by molar-refractivity contribution is 0.424. The molecule has 0 saturated carbocycles. The van der Waals surface area contributed by atoms with Crippen LogP contribution in [0.1, 0.15) is 20.8 Å². The molecule has 0 aliphatic carbocycles. The normalized spacial score (nSPS) is 12.0. The maximum absolute atomic E-state index is 13.2. The van der Waals surface area contributed by atoms with Crippen LogP contribution in [0.25, 0.3) is 0 Å². The highest BCUT2D eigenvalue weighted by atomic mass is 32.2. The van der Waals surface area contributed by atoms with Crippen LogP contribution in [0.3, 0.4) is 0 Å². The zero-order valence-electron chi connectivity index (χ0n) is 13.3. The van der Waals surface area contributed by atoms with Crippen LogP contribution in [0.5, 0.6) is 0 Å². The van der Waals surface area contributed by atoms with Crippen LogP contribution in [-0.4, -0.2) is 31.1 Å². The summed E-state index contributed by atoms with van der Waals surface area (Å²) in [6.07, 6.45) is 0. The molecule has 122 valence electrons. The summed E-state index contributed by atoms with van der Waals surface area (Å²) in [6, 6.07) is 14.6. The van der Waals surface area contributed by atoms with Gasteiger partial charge in [-0.25, -0.2) is 8.42 Å². The number of hydrogen-bond donors (Lipinski definition) is 2. The van der Waals surface area contributed by atoms with E-state index < -0.39 is 22.7 Å². The van der Waals surface area contributed by atoms with Gasteiger partial charge in [0.05, 0.1) is 10.6 Å². The smallest absolute Gasteiger partial charge is 0.423 e. The van der Waals surface area contributed by atoms with Gasteiger partial charge in [-0.3, -0.25) is 4.31 Å². The second-order valence-electron chi connectivity index (χ2n) is 6.19. The molecule has 0 atom stereocenters. The SMILES string of the molecule is CC(C)(C)N(c1ccccc1)S(=O)(=O)c1ccccc1B(O)O. The summed E-state index contributed by atoms with van der Waals surface area (Å²) in [4.78, 5) is -0.117. The molecule has 2 N–H and O–H groups in total. The van der Waals surface area contributed by atoms with Gasteiger partial charge in [-0.1, -0.05) is 36.4 Å². The molecule has 0 amide bonds. The van der Waals surface area contributed by atoms with Crippen molar-refractivity contribution in [1.29, 1.82) is 0 Å². The summed E-state index contributed by atoms with van der Waals surface area (Å²) < 4.78 is 27.7. The topological polar surface area (TPSA) is 77.8 Å². The van der Waals surface area contributed by atoms with E-state index in [1.807, 2.05) is 6.07 Å². The third-order valence-corrected chi connectivity index (χ3v) is 5.48. The largest absolute Gasteiger partial charge is 0.489 e. The Morgan fingerprint density at radius 3 is 1.96 bits per heavy atom. The molecule has 23 heavy (non-hydrogen) atoms. The third-order valence-electron chi connectivity index (χ3n) is 3.32. The van der Waals surface area contributed by atoms with Crippen LogP contribution in [0.4, 0.5) is 5.69 Å². The number of rotatable bonds is 4. The fraction of sp³-hybridized carbons (Fsp3) is 0.250. The molecule has 0 saturated heterocycles. The van der Waals surface area contributed by atoms with Crippen molar-refractivity contribution in [3.05, 3.63) is 54.6 Å². The fourth-order valence-corrected chi connectivity index (χ4v) is 4.52. The van der Waals surface area contributed by atoms with E-state index in [1.54, 1.807) is 57.2 Å². The van der Waals surface area contributed by atoms with Crippen LogP contribution in [0, 0.1) is 0 Å². The summed E-state index contributed by atoms with van der Waals surface area (Å²) >= 11 is 0. The van der Waals surface area contributed by atoms with Crippen LogP contribution in [0.2, 0.25) is 0 Å². The van der Waals surface area contributed by atoms with Crippen LogP contribution in [-0.2, 0) is 10.0 Å². The van der Waals surface area contributed by atoms with Crippen molar-refractivity contribution < 1.29 is 18.5 Å². The van der Waals surface area contributed by atoms with E-state index in [1.165, 1.54) is 16.4 Å². The van der Waals surface area contributed by atoms with E-state index in [0.29, 0.717) is 5.69 Å². The Kier molecular flexibility index (Phi) is 4.84. The van der Waals surface area contributed by atoms with Crippen LogP contribution >= 0.6 is 0 Å². The van der Waals surface area contributed by atoms with Crippen molar-refractivity contribution in [3.63, 3.8) is 0 Å². The first-order chi connectivity index (χ1) is 10.7.